The molecular formula is C9H13F2N3O2S. The maximum Gasteiger partial charge on any atom is 0.255 e. The number of anilines is 2. The van der Waals surface area contributed by atoms with Gasteiger partial charge in [0.2, 0.25) is 10.0 Å². The summed E-state index contributed by atoms with van der Waals surface area (Å²) in [5, 5.41) is 4.94. The second kappa shape index (κ2) is 4.84. The van der Waals surface area contributed by atoms with Crippen LogP contribution in [0.5, 0.6) is 0 Å². The first-order valence-electron chi connectivity index (χ1n) is 4.63. The lowest BCUT2D eigenvalue weighted by atomic mass is 10.2. The molecule has 0 radical (unpaired) electrons. The molecule has 0 heterocycles. The molecule has 1 rings (SSSR count). The normalized spacial score (nSPS) is 11.8. The summed E-state index contributed by atoms with van der Waals surface area (Å²) in [4.78, 5) is 1.01. The summed E-state index contributed by atoms with van der Waals surface area (Å²) in [6.45, 7) is -0.543. The number of benzene rings is 1. The van der Waals surface area contributed by atoms with Crippen LogP contribution in [-0.4, -0.2) is 28.4 Å². The van der Waals surface area contributed by atoms with E-state index in [4.69, 9.17) is 10.9 Å². The average molecular weight is 265 g/mol. The molecule has 0 spiro atoms. The van der Waals surface area contributed by atoms with Gasteiger partial charge in [-0.2, -0.15) is 0 Å². The van der Waals surface area contributed by atoms with Crippen molar-refractivity contribution < 1.29 is 17.2 Å². The van der Waals surface area contributed by atoms with E-state index in [0.717, 1.165) is 0 Å². The highest BCUT2D eigenvalue weighted by molar-refractivity contribution is 7.89. The number of nitrogens with two attached hydrogens (primary N) is 2. The zero-order valence-electron chi connectivity index (χ0n) is 9.10. The van der Waals surface area contributed by atoms with Crippen LogP contribution in [0, 0.1) is 0 Å². The van der Waals surface area contributed by atoms with E-state index in [1.165, 1.54) is 30.1 Å². The number of hydrogen-bond donors (Lipinski definition) is 2. The van der Waals surface area contributed by atoms with E-state index in [0.29, 0.717) is 0 Å². The van der Waals surface area contributed by atoms with Gasteiger partial charge in [0.05, 0.1) is 22.8 Å². The number of nitrogen functional groups attached to an aromatic ring is 1. The van der Waals surface area contributed by atoms with Gasteiger partial charge < -0.3 is 10.6 Å². The van der Waals surface area contributed by atoms with E-state index in [9.17, 15) is 17.2 Å². The van der Waals surface area contributed by atoms with Crippen LogP contribution in [0.4, 0.5) is 20.2 Å². The Balaban J connectivity index is 3.15. The van der Waals surface area contributed by atoms with Crippen molar-refractivity contribution >= 4 is 21.4 Å². The highest BCUT2D eigenvalue weighted by Gasteiger charge is 2.15. The maximum absolute atomic E-state index is 12.2. The number of hydrogen-bond acceptors (Lipinski definition) is 4. The van der Waals surface area contributed by atoms with Gasteiger partial charge in [0.15, 0.2) is 0 Å². The molecule has 96 valence electrons. The van der Waals surface area contributed by atoms with Gasteiger partial charge in [0.1, 0.15) is 0 Å². The second-order valence-corrected chi connectivity index (χ2v) is 5.10. The molecular weight excluding hydrogens is 252 g/mol. The summed E-state index contributed by atoms with van der Waals surface area (Å²) in [5.41, 5.74) is 6.00. The zero-order valence-corrected chi connectivity index (χ0v) is 9.92. The summed E-state index contributed by atoms with van der Waals surface area (Å²) >= 11 is 0. The molecule has 1 aromatic carbocycles. The van der Waals surface area contributed by atoms with Crippen molar-refractivity contribution in [1.82, 2.24) is 0 Å². The predicted octanol–water partition coefficient (Wildman–Crippen LogP) is 0.618. The van der Waals surface area contributed by atoms with Crippen molar-refractivity contribution in [2.75, 3.05) is 24.2 Å². The number of alkyl halides is 2. The van der Waals surface area contributed by atoms with Crippen molar-refractivity contribution in [3.63, 3.8) is 0 Å². The van der Waals surface area contributed by atoms with Crippen LogP contribution >= 0.6 is 0 Å². The minimum atomic E-state index is -3.87. The second-order valence-electron chi connectivity index (χ2n) is 3.54. The molecule has 0 aliphatic carbocycles. The van der Waals surface area contributed by atoms with Gasteiger partial charge in [0.25, 0.3) is 6.43 Å². The van der Waals surface area contributed by atoms with Gasteiger partial charge in [-0.3, -0.25) is 0 Å². The van der Waals surface area contributed by atoms with Crippen LogP contribution in [0.1, 0.15) is 0 Å². The van der Waals surface area contributed by atoms with Gasteiger partial charge in [-0.1, -0.05) is 0 Å². The Labute approximate surface area is 98.1 Å². The summed E-state index contributed by atoms with van der Waals surface area (Å²) in [5.74, 6) is 0. The molecule has 4 N–H and O–H groups in total. The van der Waals surface area contributed by atoms with Crippen LogP contribution in [0.2, 0.25) is 0 Å². The molecule has 0 aromatic heterocycles. The third-order valence-electron chi connectivity index (χ3n) is 2.15. The SMILES string of the molecule is CN(CC(F)F)c1cc(S(N)(=O)=O)ccc1N. The zero-order chi connectivity index (χ0) is 13.2. The van der Waals surface area contributed by atoms with Gasteiger partial charge in [-0.05, 0) is 18.2 Å². The lowest BCUT2D eigenvalue weighted by molar-refractivity contribution is 0.156. The third-order valence-corrected chi connectivity index (χ3v) is 3.06. The van der Waals surface area contributed by atoms with Crippen molar-refractivity contribution in [3.8, 4) is 0 Å². The minimum Gasteiger partial charge on any atom is -0.397 e. The molecule has 0 unspecified atom stereocenters. The standard InChI is InChI=1S/C9H13F2N3O2S/c1-14(5-9(10)11)8-4-6(17(13,15)16)2-3-7(8)12/h2-4,9H,5,12H2,1H3,(H2,13,15,16). The van der Waals surface area contributed by atoms with Crippen LogP contribution in [-0.2, 0) is 10.0 Å². The van der Waals surface area contributed by atoms with Gasteiger partial charge in [-0.25, -0.2) is 22.3 Å². The molecule has 0 bridgehead atoms. The monoisotopic (exact) mass is 265 g/mol. The Morgan fingerprint density at radius 3 is 2.47 bits per heavy atom. The van der Waals surface area contributed by atoms with E-state index in [-0.39, 0.29) is 16.3 Å². The van der Waals surface area contributed by atoms with E-state index < -0.39 is 23.0 Å². The van der Waals surface area contributed by atoms with Crippen LogP contribution in [0.25, 0.3) is 0 Å². The Bertz CT molecular complexity index is 505. The number of halogens is 2. The van der Waals surface area contributed by atoms with Crippen LogP contribution in [0.15, 0.2) is 23.1 Å². The number of nitrogens with zero attached hydrogens (tertiary/aromatic N) is 1. The fourth-order valence-corrected chi connectivity index (χ4v) is 1.87. The molecule has 0 saturated carbocycles. The molecule has 0 atom stereocenters. The van der Waals surface area contributed by atoms with E-state index in [2.05, 4.69) is 0 Å². The first-order chi connectivity index (χ1) is 7.71. The van der Waals surface area contributed by atoms with Crippen molar-refractivity contribution in [2.24, 2.45) is 5.14 Å². The van der Waals surface area contributed by atoms with Crippen molar-refractivity contribution in [2.45, 2.75) is 11.3 Å². The molecule has 5 nitrogen and oxygen atoms in total. The lowest BCUT2D eigenvalue weighted by Crippen LogP contribution is -2.25. The molecule has 8 heteroatoms. The highest BCUT2D eigenvalue weighted by atomic mass is 32.2. The van der Waals surface area contributed by atoms with Gasteiger partial charge in [-0.15, -0.1) is 0 Å². The summed E-state index contributed by atoms with van der Waals surface area (Å²) in [6.07, 6.45) is -2.54. The first-order valence-corrected chi connectivity index (χ1v) is 6.18. The van der Waals surface area contributed by atoms with Crippen molar-refractivity contribution in [1.29, 1.82) is 0 Å². The van der Waals surface area contributed by atoms with Gasteiger partial charge >= 0.3 is 0 Å². The maximum atomic E-state index is 12.2. The van der Waals surface area contributed by atoms with E-state index >= 15 is 0 Å². The Morgan fingerprint density at radius 2 is 2.00 bits per heavy atom. The fraction of sp³-hybridized carbons (Fsp3) is 0.333. The molecule has 1 aromatic rings. The van der Waals surface area contributed by atoms with E-state index in [1.807, 2.05) is 0 Å². The van der Waals surface area contributed by atoms with Crippen LogP contribution in [0.3, 0.4) is 0 Å². The topological polar surface area (TPSA) is 89.4 Å². The summed E-state index contributed by atoms with van der Waals surface area (Å²) in [6, 6.07) is 3.72. The third kappa shape index (κ3) is 3.53. The summed E-state index contributed by atoms with van der Waals surface area (Å²) in [7, 11) is -2.48. The number of rotatable bonds is 4. The summed E-state index contributed by atoms with van der Waals surface area (Å²) < 4.78 is 46.6. The van der Waals surface area contributed by atoms with Crippen LogP contribution < -0.4 is 15.8 Å². The first kappa shape index (κ1) is 13.7. The van der Waals surface area contributed by atoms with Crippen molar-refractivity contribution in [3.05, 3.63) is 18.2 Å². The smallest absolute Gasteiger partial charge is 0.255 e. The van der Waals surface area contributed by atoms with E-state index in [1.54, 1.807) is 0 Å². The number of primary sulfonamides is 1. The Morgan fingerprint density at radius 1 is 1.41 bits per heavy atom. The molecule has 0 aliphatic heterocycles. The minimum absolute atomic E-state index is 0.164. The molecule has 17 heavy (non-hydrogen) atoms. The predicted molar refractivity (Wildman–Crippen MR) is 61.5 cm³/mol. The molecule has 0 saturated heterocycles. The molecule has 0 aliphatic rings. The molecule has 0 fully saturated rings. The largest absolute Gasteiger partial charge is 0.397 e. The fourth-order valence-electron chi connectivity index (χ4n) is 1.34. The average Bonchev–Trinajstić information content (AvgIpc) is 2.15. The quantitative estimate of drug-likeness (QED) is 0.781. The Hall–Kier alpha value is -1.41. The van der Waals surface area contributed by atoms with Gasteiger partial charge in [0, 0.05) is 7.05 Å². The number of sulfonamides is 1. The molecule has 0 amide bonds. The Kier molecular flexibility index (Phi) is 3.89. The highest BCUT2D eigenvalue weighted by Crippen LogP contribution is 2.25. The lowest BCUT2D eigenvalue weighted by Gasteiger charge is -2.21.